The summed E-state index contributed by atoms with van der Waals surface area (Å²) in [6.07, 6.45) is 1.76. The first-order chi connectivity index (χ1) is 15.7. The van der Waals surface area contributed by atoms with Gasteiger partial charge >= 0.3 is 12.1 Å². The number of aliphatic carboxylic acids is 1. The van der Waals surface area contributed by atoms with Crippen LogP contribution in [0.4, 0.5) is 18.9 Å². The number of anilines is 1. The molecule has 13 heteroatoms. The van der Waals surface area contributed by atoms with Crippen LogP contribution in [0, 0.1) is 11.8 Å². The van der Waals surface area contributed by atoms with Crippen LogP contribution in [0.2, 0.25) is 5.02 Å². The molecule has 0 fully saturated rings. The molecule has 182 valence electrons. The minimum atomic E-state index is -4.87. The third kappa shape index (κ3) is 5.33. The molecule has 1 aromatic heterocycles. The van der Waals surface area contributed by atoms with Crippen molar-refractivity contribution in [1.29, 1.82) is 0 Å². The topological polar surface area (TPSA) is 139 Å². The van der Waals surface area contributed by atoms with E-state index in [0.717, 1.165) is 18.3 Å². The molecule has 0 saturated carbocycles. The number of carbonyl (C=O) groups excluding carboxylic acids is 1. The fraction of sp³-hybridized carbons (Fsp3) is 0.286. The predicted octanol–water partition coefficient (Wildman–Crippen LogP) is 3.60. The number of Topliss-reactive ketones (excluding diaryl/α,β-unsaturated/α-hetero) is 1. The Morgan fingerprint density at radius 2 is 1.97 bits per heavy atom. The average molecular weight is 518 g/mol. The molecule has 3 atom stereocenters. The lowest BCUT2D eigenvalue weighted by molar-refractivity contribution is -0.140. The zero-order chi connectivity index (χ0) is 25.4. The highest BCUT2D eigenvalue weighted by atomic mass is 35.5. The zero-order valence-electron chi connectivity index (χ0n) is 17.5. The third-order valence-corrected chi connectivity index (χ3v) is 7.27. The molecule has 0 aliphatic heterocycles. The molecule has 0 aromatic carbocycles. The lowest BCUT2D eigenvalue weighted by Crippen LogP contribution is -2.36. The van der Waals surface area contributed by atoms with E-state index >= 15 is 0 Å². The number of alkyl halides is 3. The smallest absolute Gasteiger partial charge is 0.418 e. The Kier molecular flexibility index (Phi) is 6.94. The minimum absolute atomic E-state index is 0.0393. The lowest BCUT2D eigenvalue weighted by Gasteiger charge is -2.27. The van der Waals surface area contributed by atoms with Gasteiger partial charge in [0.25, 0.3) is 0 Å². The van der Waals surface area contributed by atoms with Crippen molar-refractivity contribution in [3.63, 3.8) is 0 Å². The van der Waals surface area contributed by atoms with E-state index in [1.165, 1.54) is 25.2 Å². The Bertz CT molecular complexity index is 1270. The van der Waals surface area contributed by atoms with Crippen molar-refractivity contribution in [2.24, 2.45) is 17.6 Å². The second-order valence-electron chi connectivity index (χ2n) is 7.78. The molecule has 3 unspecified atom stereocenters. The van der Waals surface area contributed by atoms with Gasteiger partial charge in [-0.25, -0.2) is 13.4 Å². The maximum Gasteiger partial charge on any atom is 0.418 e. The van der Waals surface area contributed by atoms with Crippen molar-refractivity contribution in [3.8, 4) is 0 Å². The Morgan fingerprint density at radius 1 is 1.29 bits per heavy atom. The zero-order valence-corrected chi connectivity index (χ0v) is 19.1. The molecule has 2 aliphatic rings. The van der Waals surface area contributed by atoms with Crippen molar-refractivity contribution in [2.75, 3.05) is 4.72 Å². The standard InChI is InChI=1S/C21H19ClF3N3O5S/c1-10-5-15(26)14(21(23,24)25)8-17(10)34(32,33)28-16-7-13(22)9-27-18(16)19(29)11-3-2-4-12(6-11)20(30)31/h2-5,7-10,12,17,28H,6,26H2,1H3,(H,30,31). The lowest BCUT2D eigenvalue weighted by atomic mass is 9.90. The van der Waals surface area contributed by atoms with E-state index < -0.39 is 56.3 Å². The minimum Gasteiger partial charge on any atom is -0.481 e. The Morgan fingerprint density at radius 3 is 2.59 bits per heavy atom. The van der Waals surface area contributed by atoms with E-state index in [0.29, 0.717) is 6.08 Å². The number of hydrogen-bond acceptors (Lipinski definition) is 6. The number of carbonyl (C=O) groups is 2. The van der Waals surface area contributed by atoms with E-state index in [2.05, 4.69) is 9.71 Å². The van der Waals surface area contributed by atoms with Crippen LogP contribution in [0.5, 0.6) is 0 Å². The molecular weight excluding hydrogens is 499 g/mol. The summed E-state index contributed by atoms with van der Waals surface area (Å²) in [6, 6.07) is 1.10. The molecule has 3 rings (SSSR count). The van der Waals surface area contributed by atoms with Crippen LogP contribution in [-0.2, 0) is 14.8 Å². The molecule has 1 aromatic rings. The van der Waals surface area contributed by atoms with Crippen LogP contribution < -0.4 is 10.5 Å². The van der Waals surface area contributed by atoms with E-state index in [1.54, 1.807) is 0 Å². The van der Waals surface area contributed by atoms with Gasteiger partial charge in [0.15, 0.2) is 0 Å². The number of nitrogens with one attached hydrogen (secondary N) is 1. The fourth-order valence-corrected chi connectivity index (χ4v) is 5.31. The number of ketones is 1. The summed E-state index contributed by atoms with van der Waals surface area (Å²) >= 11 is 5.92. The van der Waals surface area contributed by atoms with E-state index in [4.69, 9.17) is 17.3 Å². The first kappa shape index (κ1) is 25.5. The Hall–Kier alpha value is -3.12. The Balaban J connectivity index is 1.97. The highest BCUT2D eigenvalue weighted by Gasteiger charge is 2.42. The third-order valence-electron chi connectivity index (χ3n) is 5.28. The summed E-state index contributed by atoms with van der Waals surface area (Å²) < 4.78 is 68.2. The highest BCUT2D eigenvalue weighted by molar-refractivity contribution is 7.93. The van der Waals surface area contributed by atoms with E-state index in [1.807, 2.05) is 0 Å². The molecule has 0 saturated heterocycles. The van der Waals surface area contributed by atoms with E-state index in [9.17, 15) is 36.3 Å². The second-order valence-corrected chi connectivity index (χ2v) is 10.1. The summed E-state index contributed by atoms with van der Waals surface area (Å²) in [5.41, 5.74) is 2.91. The first-order valence-electron chi connectivity index (χ1n) is 9.79. The molecule has 0 radical (unpaired) electrons. The molecule has 0 amide bonds. The molecule has 0 bridgehead atoms. The monoisotopic (exact) mass is 517 g/mol. The highest BCUT2D eigenvalue weighted by Crippen LogP contribution is 2.36. The van der Waals surface area contributed by atoms with Gasteiger partial charge in [0.2, 0.25) is 15.8 Å². The first-order valence-corrected chi connectivity index (χ1v) is 11.7. The molecule has 4 N–H and O–H groups in total. The summed E-state index contributed by atoms with van der Waals surface area (Å²) in [4.78, 5) is 28.2. The second kappa shape index (κ2) is 9.26. The summed E-state index contributed by atoms with van der Waals surface area (Å²) in [5, 5.41) is 7.51. The van der Waals surface area contributed by atoms with Crippen LogP contribution >= 0.6 is 11.6 Å². The number of rotatable bonds is 6. The molecule has 34 heavy (non-hydrogen) atoms. The van der Waals surface area contributed by atoms with Gasteiger partial charge in [-0.1, -0.05) is 42.8 Å². The SMILES string of the molecule is CC1C=C(N)C(C(F)(F)F)=CC1S(=O)(=O)Nc1cc(Cl)cnc1C(=O)C1=CC=CC(C(=O)O)C1. The van der Waals surface area contributed by atoms with Crippen LogP contribution in [0.3, 0.4) is 0 Å². The van der Waals surface area contributed by atoms with Gasteiger partial charge in [-0.05, 0) is 24.5 Å². The number of nitrogens with two attached hydrogens (primary N) is 1. The summed E-state index contributed by atoms with van der Waals surface area (Å²) in [6.45, 7) is 1.38. The normalized spacial score (nSPS) is 23.0. The van der Waals surface area contributed by atoms with Gasteiger partial charge in [-0.15, -0.1) is 0 Å². The average Bonchev–Trinajstić information content (AvgIpc) is 2.72. The number of pyridine rings is 1. The number of sulfonamides is 1. The Labute approximate surface area is 197 Å². The van der Waals surface area contributed by atoms with Gasteiger partial charge < -0.3 is 10.8 Å². The van der Waals surface area contributed by atoms with Crippen molar-refractivity contribution in [1.82, 2.24) is 4.98 Å². The largest absolute Gasteiger partial charge is 0.481 e. The number of carboxylic acids is 1. The van der Waals surface area contributed by atoms with Crippen molar-refractivity contribution < 1.29 is 36.3 Å². The van der Waals surface area contributed by atoms with Crippen molar-refractivity contribution >= 4 is 39.1 Å². The van der Waals surface area contributed by atoms with Crippen LogP contribution in [0.1, 0.15) is 23.8 Å². The van der Waals surface area contributed by atoms with Crippen molar-refractivity contribution in [3.05, 3.63) is 70.2 Å². The maximum atomic E-state index is 13.3. The number of nitrogens with zero attached hydrogens (tertiary/aromatic N) is 1. The number of carboxylic acid groups (broad SMARTS) is 1. The van der Waals surface area contributed by atoms with Gasteiger partial charge in [0.05, 0.1) is 22.2 Å². The molecular formula is C21H19ClF3N3O5S. The molecule has 8 nitrogen and oxygen atoms in total. The number of allylic oxidation sites excluding steroid dienone is 5. The van der Waals surface area contributed by atoms with Crippen molar-refractivity contribution in [2.45, 2.75) is 24.8 Å². The quantitative estimate of drug-likeness (QED) is 0.490. The maximum absolute atomic E-state index is 13.3. The van der Waals surface area contributed by atoms with Crippen LogP contribution in [-0.4, -0.2) is 41.7 Å². The van der Waals surface area contributed by atoms with E-state index in [-0.39, 0.29) is 28.4 Å². The van der Waals surface area contributed by atoms with Gasteiger partial charge in [-0.2, -0.15) is 13.2 Å². The van der Waals surface area contributed by atoms with Crippen LogP contribution in [0.25, 0.3) is 0 Å². The predicted molar refractivity (Wildman–Crippen MR) is 118 cm³/mol. The number of halogens is 4. The molecule has 2 aliphatic carbocycles. The fourth-order valence-electron chi connectivity index (χ4n) is 3.60. The van der Waals surface area contributed by atoms with Gasteiger partial charge in [0, 0.05) is 17.5 Å². The van der Waals surface area contributed by atoms with Gasteiger partial charge in [-0.3, -0.25) is 14.3 Å². The van der Waals surface area contributed by atoms with Gasteiger partial charge in [0.1, 0.15) is 10.9 Å². The number of hydrogen-bond donors (Lipinski definition) is 3. The summed E-state index contributed by atoms with van der Waals surface area (Å²) in [7, 11) is -4.53. The molecule has 0 spiro atoms. The summed E-state index contributed by atoms with van der Waals surface area (Å²) in [5.74, 6) is -3.78. The molecule has 1 heterocycles. The number of aromatic nitrogens is 1. The van der Waals surface area contributed by atoms with Crippen LogP contribution in [0.15, 0.2) is 59.5 Å².